The summed E-state index contributed by atoms with van der Waals surface area (Å²) in [6.45, 7) is 9.46. The van der Waals surface area contributed by atoms with E-state index in [4.69, 9.17) is 4.74 Å². The molecular formula is C20H31N3O4S. The Labute approximate surface area is 167 Å². The quantitative estimate of drug-likeness (QED) is 0.711. The molecule has 0 radical (unpaired) electrons. The summed E-state index contributed by atoms with van der Waals surface area (Å²) in [5.41, 5.74) is 2.32. The third-order valence-electron chi connectivity index (χ3n) is 5.49. The highest BCUT2D eigenvalue weighted by molar-refractivity contribution is 7.91. The van der Waals surface area contributed by atoms with Gasteiger partial charge in [-0.3, -0.25) is 14.6 Å². The molecule has 2 aliphatic heterocycles. The average Bonchev–Trinajstić information content (AvgIpc) is 2.97. The molecule has 3 rings (SSSR count). The summed E-state index contributed by atoms with van der Waals surface area (Å²) in [4.78, 5) is 16.7. The third-order valence-corrected chi connectivity index (χ3v) is 7.26. The van der Waals surface area contributed by atoms with E-state index >= 15 is 0 Å². The van der Waals surface area contributed by atoms with Crippen molar-refractivity contribution < 1.29 is 17.9 Å². The van der Waals surface area contributed by atoms with Crippen LogP contribution in [0.2, 0.25) is 0 Å². The van der Waals surface area contributed by atoms with Gasteiger partial charge in [-0.05, 0) is 31.4 Å². The Bertz CT molecular complexity index is 768. The van der Waals surface area contributed by atoms with Crippen molar-refractivity contribution in [1.29, 1.82) is 0 Å². The topological polar surface area (TPSA) is 79.0 Å². The van der Waals surface area contributed by atoms with E-state index in [2.05, 4.69) is 41.1 Å². The van der Waals surface area contributed by atoms with Gasteiger partial charge in [0.25, 0.3) is 0 Å². The van der Waals surface area contributed by atoms with Crippen molar-refractivity contribution in [2.45, 2.75) is 26.3 Å². The van der Waals surface area contributed by atoms with E-state index in [0.717, 1.165) is 49.6 Å². The molecular weight excluding hydrogens is 378 g/mol. The van der Waals surface area contributed by atoms with E-state index in [9.17, 15) is 13.2 Å². The van der Waals surface area contributed by atoms with Gasteiger partial charge in [-0.15, -0.1) is 0 Å². The number of sulfone groups is 1. The molecule has 1 aromatic rings. The van der Waals surface area contributed by atoms with Crippen LogP contribution in [-0.2, 0) is 14.6 Å². The zero-order valence-electron chi connectivity index (χ0n) is 16.8. The lowest BCUT2D eigenvalue weighted by atomic mass is 10.1. The number of ether oxygens (including phenoxy) is 1. The molecule has 1 atom stereocenters. The van der Waals surface area contributed by atoms with Gasteiger partial charge in [0.05, 0.1) is 18.1 Å². The standard InChI is InChI=1S/C20H31N3O4S/c1-16-4-3-5-17(2)20(16)27-12-11-22-7-9-23(10-8-22)14-19(24)21-18-6-13-28(25,26)15-18/h3-5,18H,6-15H2,1-2H3,(H,21,24). The Morgan fingerprint density at radius 3 is 2.39 bits per heavy atom. The molecule has 7 nitrogen and oxygen atoms in total. The summed E-state index contributed by atoms with van der Waals surface area (Å²) in [7, 11) is -2.96. The second-order valence-corrected chi connectivity index (χ2v) is 10.1. The Morgan fingerprint density at radius 2 is 1.79 bits per heavy atom. The summed E-state index contributed by atoms with van der Waals surface area (Å²) >= 11 is 0. The van der Waals surface area contributed by atoms with Crippen LogP contribution in [0.25, 0.3) is 0 Å². The van der Waals surface area contributed by atoms with E-state index in [0.29, 0.717) is 19.6 Å². The number of piperazine rings is 1. The van der Waals surface area contributed by atoms with Gasteiger partial charge in [-0.1, -0.05) is 18.2 Å². The molecule has 2 fully saturated rings. The molecule has 1 amide bonds. The fourth-order valence-electron chi connectivity index (χ4n) is 3.86. The number of hydrogen-bond acceptors (Lipinski definition) is 6. The van der Waals surface area contributed by atoms with Crippen molar-refractivity contribution in [2.24, 2.45) is 0 Å². The molecule has 0 aliphatic carbocycles. The smallest absolute Gasteiger partial charge is 0.234 e. The van der Waals surface area contributed by atoms with Gasteiger partial charge in [0.2, 0.25) is 5.91 Å². The Balaban J connectivity index is 1.34. The Morgan fingerprint density at radius 1 is 1.14 bits per heavy atom. The van der Waals surface area contributed by atoms with Gasteiger partial charge in [-0.2, -0.15) is 0 Å². The SMILES string of the molecule is Cc1cccc(C)c1OCCN1CCN(CC(=O)NC2CCS(=O)(=O)C2)CC1. The molecule has 1 aromatic carbocycles. The van der Waals surface area contributed by atoms with E-state index < -0.39 is 9.84 Å². The number of nitrogens with one attached hydrogen (secondary N) is 1. The number of rotatable bonds is 7. The predicted octanol–water partition coefficient (Wildman–Crippen LogP) is 0.603. The monoisotopic (exact) mass is 409 g/mol. The first kappa shape index (κ1) is 21.1. The molecule has 8 heteroatoms. The van der Waals surface area contributed by atoms with Crippen molar-refractivity contribution in [2.75, 3.05) is 57.4 Å². The van der Waals surface area contributed by atoms with Crippen LogP contribution in [-0.4, -0.2) is 87.5 Å². The second kappa shape index (κ2) is 9.24. The number of carbonyl (C=O) groups is 1. The number of benzene rings is 1. The fraction of sp³-hybridized carbons (Fsp3) is 0.650. The van der Waals surface area contributed by atoms with Gasteiger partial charge in [0, 0.05) is 38.8 Å². The van der Waals surface area contributed by atoms with Crippen molar-refractivity contribution >= 4 is 15.7 Å². The van der Waals surface area contributed by atoms with Gasteiger partial charge in [0.15, 0.2) is 9.84 Å². The van der Waals surface area contributed by atoms with E-state index in [1.165, 1.54) is 0 Å². The maximum absolute atomic E-state index is 12.2. The minimum absolute atomic E-state index is 0.0751. The summed E-state index contributed by atoms with van der Waals surface area (Å²) in [6.07, 6.45) is 0.530. The number of para-hydroxylation sites is 1. The molecule has 156 valence electrons. The van der Waals surface area contributed by atoms with Gasteiger partial charge in [-0.25, -0.2) is 8.42 Å². The molecule has 1 N–H and O–H groups in total. The summed E-state index contributed by atoms with van der Waals surface area (Å²) in [6, 6.07) is 5.94. The first-order valence-electron chi connectivity index (χ1n) is 9.96. The lowest BCUT2D eigenvalue weighted by Crippen LogP contribution is -2.51. The fourth-order valence-corrected chi connectivity index (χ4v) is 5.53. The van der Waals surface area contributed by atoms with Crippen molar-refractivity contribution in [3.8, 4) is 5.75 Å². The average molecular weight is 410 g/mol. The van der Waals surface area contributed by atoms with Crippen LogP contribution in [0.3, 0.4) is 0 Å². The van der Waals surface area contributed by atoms with Crippen molar-refractivity contribution in [3.05, 3.63) is 29.3 Å². The van der Waals surface area contributed by atoms with E-state index in [1.807, 2.05) is 6.07 Å². The van der Waals surface area contributed by atoms with Crippen LogP contribution in [0.4, 0.5) is 0 Å². The Kier molecular flexibility index (Phi) is 6.95. The Hall–Kier alpha value is -1.64. The third kappa shape index (κ3) is 5.93. The number of nitrogens with zero attached hydrogens (tertiary/aromatic N) is 2. The summed E-state index contributed by atoms with van der Waals surface area (Å²) in [5, 5.41) is 2.86. The molecule has 0 aromatic heterocycles. The van der Waals surface area contributed by atoms with E-state index in [-0.39, 0.29) is 23.5 Å². The van der Waals surface area contributed by atoms with Gasteiger partial charge < -0.3 is 10.1 Å². The highest BCUT2D eigenvalue weighted by atomic mass is 32.2. The van der Waals surface area contributed by atoms with E-state index in [1.54, 1.807) is 0 Å². The maximum atomic E-state index is 12.2. The molecule has 2 aliphatic rings. The normalized spacial score (nSPS) is 22.9. The summed E-state index contributed by atoms with van der Waals surface area (Å²) < 4.78 is 29.0. The molecule has 0 spiro atoms. The zero-order valence-corrected chi connectivity index (χ0v) is 17.6. The second-order valence-electron chi connectivity index (χ2n) is 7.85. The highest BCUT2D eigenvalue weighted by Gasteiger charge is 2.29. The molecule has 2 saturated heterocycles. The molecule has 0 bridgehead atoms. The number of aryl methyl sites for hydroxylation is 2. The molecule has 0 saturated carbocycles. The molecule has 1 unspecified atom stereocenters. The lowest BCUT2D eigenvalue weighted by molar-refractivity contribution is -0.123. The van der Waals surface area contributed by atoms with Crippen LogP contribution in [0.5, 0.6) is 5.75 Å². The predicted molar refractivity (Wildman–Crippen MR) is 109 cm³/mol. The molecule has 2 heterocycles. The van der Waals surface area contributed by atoms with Crippen LogP contribution in [0.1, 0.15) is 17.5 Å². The highest BCUT2D eigenvalue weighted by Crippen LogP contribution is 2.22. The summed E-state index contributed by atoms with van der Waals surface area (Å²) in [5.74, 6) is 1.16. The first-order chi connectivity index (χ1) is 13.3. The van der Waals surface area contributed by atoms with Crippen molar-refractivity contribution in [3.63, 3.8) is 0 Å². The van der Waals surface area contributed by atoms with Crippen LogP contribution < -0.4 is 10.1 Å². The van der Waals surface area contributed by atoms with Crippen LogP contribution >= 0.6 is 0 Å². The van der Waals surface area contributed by atoms with Crippen LogP contribution in [0, 0.1) is 13.8 Å². The largest absolute Gasteiger partial charge is 0.492 e. The molecule has 28 heavy (non-hydrogen) atoms. The number of amides is 1. The van der Waals surface area contributed by atoms with Crippen molar-refractivity contribution in [1.82, 2.24) is 15.1 Å². The minimum Gasteiger partial charge on any atom is -0.492 e. The lowest BCUT2D eigenvalue weighted by Gasteiger charge is -2.34. The minimum atomic E-state index is -2.96. The van der Waals surface area contributed by atoms with Crippen LogP contribution in [0.15, 0.2) is 18.2 Å². The number of hydrogen-bond donors (Lipinski definition) is 1. The van der Waals surface area contributed by atoms with Gasteiger partial charge in [0.1, 0.15) is 12.4 Å². The maximum Gasteiger partial charge on any atom is 0.234 e. The first-order valence-corrected chi connectivity index (χ1v) is 11.8. The zero-order chi connectivity index (χ0) is 20.1. The number of carbonyl (C=O) groups excluding carboxylic acids is 1. The van der Waals surface area contributed by atoms with Gasteiger partial charge >= 0.3 is 0 Å².